The Labute approximate surface area is 146 Å². The second kappa shape index (κ2) is 4.25. The summed E-state index contributed by atoms with van der Waals surface area (Å²) in [6.45, 7) is 2.55. The summed E-state index contributed by atoms with van der Waals surface area (Å²) in [5.41, 5.74) is 0.108. The molecule has 0 aromatic rings. The standard InChI is InChI=1S/C22H34O2/c1-14(19-4-15-2-16(5-19)9-21(23,8-15)12-19)20-6-17-3-18(7-20)11-22(24,10-17)13-20/h14-18,23-24H,2-13H2,1H3. The minimum Gasteiger partial charge on any atom is -0.390 e. The molecule has 2 N–H and O–H groups in total. The minimum absolute atomic E-state index is 0.336. The lowest BCUT2D eigenvalue weighted by Crippen LogP contribution is -2.64. The van der Waals surface area contributed by atoms with Crippen molar-refractivity contribution in [3.05, 3.63) is 0 Å². The molecule has 0 aliphatic heterocycles. The Kier molecular flexibility index (Phi) is 2.66. The third-order valence-electron chi connectivity index (χ3n) is 9.99. The van der Waals surface area contributed by atoms with Crippen LogP contribution in [0, 0.1) is 40.4 Å². The van der Waals surface area contributed by atoms with Crippen LogP contribution in [-0.4, -0.2) is 21.4 Å². The smallest absolute Gasteiger partial charge is 0.0658 e. The van der Waals surface area contributed by atoms with Crippen LogP contribution in [0.25, 0.3) is 0 Å². The van der Waals surface area contributed by atoms with Gasteiger partial charge in [-0.05, 0) is 117 Å². The third kappa shape index (κ3) is 1.85. The fourth-order valence-corrected chi connectivity index (χ4v) is 10.2. The molecular formula is C22H34O2. The Morgan fingerprint density at radius 2 is 0.958 bits per heavy atom. The van der Waals surface area contributed by atoms with Gasteiger partial charge in [-0.1, -0.05) is 6.92 Å². The number of rotatable bonds is 2. The summed E-state index contributed by atoms with van der Waals surface area (Å²) >= 11 is 0. The summed E-state index contributed by atoms with van der Waals surface area (Å²) in [7, 11) is 0. The maximum atomic E-state index is 11.2. The lowest BCUT2D eigenvalue weighted by atomic mass is 9.37. The van der Waals surface area contributed by atoms with E-state index in [0.717, 1.165) is 62.2 Å². The quantitative estimate of drug-likeness (QED) is 0.793. The van der Waals surface area contributed by atoms with Crippen LogP contribution in [0.3, 0.4) is 0 Å². The van der Waals surface area contributed by atoms with Crippen molar-refractivity contribution in [2.75, 3.05) is 0 Å². The van der Waals surface area contributed by atoms with Crippen molar-refractivity contribution in [3.8, 4) is 0 Å². The molecule has 24 heavy (non-hydrogen) atoms. The van der Waals surface area contributed by atoms with Gasteiger partial charge < -0.3 is 10.2 Å². The van der Waals surface area contributed by atoms with Crippen molar-refractivity contribution >= 4 is 0 Å². The highest BCUT2D eigenvalue weighted by Gasteiger charge is 2.65. The van der Waals surface area contributed by atoms with Crippen LogP contribution in [-0.2, 0) is 0 Å². The molecule has 0 radical (unpaired) electrons. The van der Waals surface area contributed by atoms with Gasteiger partial charge in [-0.15, -0.1) is 0 Å². The van der Waals surface area contributed by atoms with E-state index in [-0.39, 0.29) is 11.2 Å². The van der Waals surface area contributed by atoms with Crippen molar-refractivity contribution in [2.24, 2.45) is 40.4 Å². The van der Waals surface area contributed by atoms with E-state index in [1.54, 1.807) is 0 Å². The van der Waals surface area contributed by atoms with E-state index >= 15 is 0 Å². The molecule has 2 nitrogen and oxygen atoms in total. The van der Waals surface area contributed by atoms with Crippen molar-refractivity contribution in [1.29, 1.82) is 0 Å². The Hall–Kier alpha value is -0.0800. The van der Waals surface area contributed by atoms with Crippen molar-refractivity contribution in [1.82, 2.24) is 0 Å². The lowest BCUT2D eigenvalue weighted by Gasteiger charge is -2.69. The molecule has 134 valence electrons. The first-order chi connectivity index (χ1) is 11.3. The topological polar surface area (TPSA) is 40.5 Å². The number of hydrogen-bond donors (Lipinski definition) is 2. The number of hydrogen-bond acceptors (Lipinski definition) is 2. The molecule has 0 aromatic carbocycles. The van der Waals surface area contributed by atoms with Gasteiger partial charge in [0.2, 0.25) is 0 Å². The Morgan fingerprint density at radius 1 is 0.625 bits per heavy atom. The van der Waals surface area contributed by atoms with E-state index in [1.165, 1.54) is 38.5 Å². The molecular weight excluding hydrogens is 296 g/mol. The molecule has 0 spiro atoms. The normalized spacial score (nSPS) is 64.6. The highest BCUT2D eigenvalue weighted by Crippen LogP contribution is 2.72. The van der Waals surface area contributed by atoms with Gasteiger partial charge >= 0.3 is 0 Å². The second-order valence-electron chi connectivity index (χ2n) is 11.8. The van der Waals surface area contributed by atoms with Crippen molar-refractivity contribution in [3.63, 3.8) is 0 Å². The maximum absolute atomic E-state index is 11.2. The van der Waals surface area contributed by atoms with Crippen LogP contribution < -0.4 is 0 Å². The molecule has 8 aliphatic carbocycles. The maximum Gasteiger partial charge on any atom is 0.0658 e. The largest absolute Gasteiger partial charge is 0.390 e. The Balaban J connectivity index is 1.38. The van der Waals surface area contributed by atoms with E-state index in [0.29, 0.717) is 16.7 Å². The van der Waals surface area contributed by atoms with Gasteiger partial charge in [0, 0.05) is 0 Å². The van der Waals surface area contributed by atoms with E-state index in [2.05, 4.69) is 6.92 Å². The van der Waals surface area contributed by atoms with Crippen LogP contribution in [0.5, 0.6) is 0 Å². The molecule has 8 rings (SSSR count). The van der Waals surface area contributed by atoms with Gasteiger partial charge in [-0.3, -0.25) is 0 Å². The van der Waals surface area contributed by atoms with Crippen LogP contribution >= 0.6 is 0 Å². The van der Waals surface area contributed by atoms with Gasteiger partial charge in [-0.25, -0.2) is 0 Å². The zero-order valence-corrected chi connectivity index (χ0v) is 15.3. The monoisotopic (exact) mass is 330 g/mol. The average molecular weight is 331 g/mol. The molecule has 8 saturated carbocycles. The molecule has 8 fully saturated rings. The summed E-state index contributed by atoms with van der Waals surface area (Å²) in [5, 5.41) is 22.4. The van der Waals surface area contributed by atoms with Crippen LogP contribution in [0.2, 0.25) is 0 Å². The predicted octanol–water partition coefficient (Wildman–Crippen LogP) is 4.29. The van der Waals surface area contributed by atoms with Gasteiger partial charge in [0.15, 0.2) is 0 Å². The summed E-state index contributed by atoms with van der Waals surface area (Å²) in [4.78, 5) is 0. The van der Waals surface area contributed by atoms with Gasteiger partial charge in [-0.2, -0.15) is 0 Å². The fourth-order valence-electron chi connectivity index (χ4n) is 10.2. The first-order valence-corrected chi connectivity index (χ1v) is 10.7. The summed E-state index contributed by atoms with van der Waals surface area (Å²) in [5.74, 6) is 3.85. The fraction of sp³-hybridized carbons (Fsp3) is 1.00. The molecule has 4 unspecified atom stereocenters. The summed E-state index contributed by atoms with van der Waals surface area (Å²) in [6.07, 6.45) is 14.8. The molecule has 0 saturated heterocycles. The molecule has 0 amide bonds. The van der Waals surface area contributed by atoms with Gasteiger partial charge in [0.25, 0.3) is 0 Å². The molecule has 4 atom stereocenters. The van der Waals surface area contributed by atoms with E-state index < -0.39 is 0 Å². The highest BCUT2D eigenvalue weighted by molar-refractivity contribution is 5.16. The van der Waals surface area contributed by atoms with Crippen LogP contribution in [0.4, 0.5) is 0 Å². The molecule has 8 bridgehead atoms. The van der Waals surface area contributed by atoms with Gasteiger partial charge in [0.1, 0.15) is 0 Å². The van der Waals surface area contributed by atoms with Crippen molar-refractivity contribution < 1.29 is 10.2 Å². The highest BCUT2D eigenvalue weighted by atomic mass is 16.3. The lowest BCUT2D eigenvalue weighted by molar-refractivity contribution is -0.234. The average Bonchev–Trinajstić information content (AvgIpc) is 2.41. The third-order valence-corrected chi connectivity index (χ3v) is 9.99. The van der Waals surface area contributed by atoms with Gasteiger partial charge in [0.05, 0.1) is 11.2 Å². The molecule has 0 aromatic heterocycles. The van der Waals surface area contributed by atoms with Crippen molar-refractivity contribution in [2.45, 2.75) is 95.2 Å². The zero-order chi connectivity index (χ0) is 16.4. The Morgan fingerprint density at radius 3 is 1.25 bits per heavy atom. The molecule has 8 aliphatic rings. The summed E-state index contributed by atoms with van der Waals surface area (Å²) < 4.78 is 0. The SMILES string of the molecule is CC(C12CC3CC(CC(O)(C3)C1)C2)C12CC3CC(CC(O)(C3)C1)C2. The zero-order valence-electron chi connectivity index (χ0n) is 15.3. The molecule has 0 heterocycles. The Bertz CT molecular complexity index is 503. The van der Waals surface area contributed by atoms with E-state index in [4.69, 9.17) is 0 Å². The molecule has 2 heteroatoms. The van der Waals surface area contributed by atoms with Crippen LogP contribution in [0.1, 0.15) is 84.0 Å². The first kappa shape index (κ1) is 15.0. The van der Waals surface area contributed by atoms with E-state index in [1.807, 2.05) is 0 Å². The first-order valence-electron chi connectivity index (χ1n) is 10.7. The second-order valence-corrected chi connectivity index (χ2v) is 11.8. The predicted molar refractivity (Wildman–Crippen MR) is 93.3 cm³/mol. The summed E-state index contributed by atoms with van der Waals surface area (Å²) in [6, 6.07) is 0. The van der Waals surface area contributed by atoms with Crippen LogP contribution in [0.15, 0.2) is 0 Å². The number of aliphatic hydroxyl groups is 2. The minimum atomic E-state index is -0.336. The van der Waals surface area contributed by atoms with E-state index in [9.17, 15) is 10.2 Å².